The van der Waals surface area contributed by atoms with E-state index in [9.17, 15) is 13.6 Å². The highest BCUT2D eigenvalue weighted by Crippen LogP contribution is 2.45. The minimum Gasteiger partial charge on any atom is -0.497 e. The molecule has 0 radical (unpaired) electrons. The van der Waals surface area contributed by atoms with Gasteiger partial charge in [0.1, 0.15) is 23.1 Å². The van der Waals surface area contributed by atoms with Crippen molar-refractivity contribution >= 4 is 17.8 Å². The van der Waals surface area contributed by atoms with Crippen LogP contribution < -0.4 is 24.7 Å². The zero-order chi connectivity index (χ0) is 26.7. The first-order valence-electron chi connectivity index (χ1n) is 12.6. The third kappa shape index (κ3) is 6.28. The first kappa shape index (κ1) is 26.5. The lowest BCUT2D eigenvalue weighted by atomic mass is 10.2. The molecule has 1 aromatic heterocycles. The van der Waals surface area contributed by atoms with Crippen molar-refractivity contribution in [2.24, 2.45) is 5.41 Å². The third-order valence-corrected chi connectivity index (χ3v) is 7.78. The summed E-state index contributed by atoms with van der Waals surface area (Å²) in [6.45, 7) is 6.10. The average Bonchev–Trinajstić information content (AvgIpc) is 3.65. The zero-order valence-electron chi connectivity index (χ0n) is 21.5. The molecule has 0 atom stereocenters. The van der Waals surface area contributed by atoms with Crippen molar-refractivity contribution < 1.29 is 18.3 Å². The number of hydrogen-bond donors (Lipinski definition) is 1. The normalized spacial score (nSPS) is 16.9. The van der Waals surface area contributed by atoms with Crippen LogP contribution in [0.3, 0.4) is 0 Å². The van der Waals surface area contributed by atoms with E-state index in [0.29, 0.717) is 31.9 Å². The van der Waals surface area contributed by atoms with Crippen molar-refractivity contribution in [3.8, 4) is 17.2 Å². The molecule has 2 aromatic carbocycles. The van der Waals surface area contributed by atoms with E-state index in [1.807, 2.05) is 24.3 Å². The van der Waals surface area contributed by atoms with Gasteiger partial charge < -0.3 is 14.4 Å². The number of benzene rings is 2. The van der Waals surface area contributed by atoms with Crippen molar-refractivity contribution in [2.75, 3.05) is 44.8 Å². The Hall–Kier alpha value is -3.15. The zero-order valence-corrected chi connectivity index (χ0v) is 22.3. The third-order valence-electron chi connectivity index (χ3n) is 6.88. The Morgan fingerprint density at radius 3 is 2.37 bits per heavy atom. The first-order valence-corrected chi connectivity index (χ1v) is 13.4. The molecule has 0 spiro atoms. The smallest absolute Gasteiger partial charge is 0.316 e. The van der Waals surface area contributed by atoms with Gasteiger partial charge in [-0.05, 0) is 42.7 Å². The molecule has 2 aliphatic rings. The molecule has 1 aliphatic carbocycles. The number of nitrogens with one attached hydrogen (secondary N) is 1. The quantitative estimate of drug-likeness (QED) is 0.382. The van der Waals surface area contributed by atoms with Gasteiger partial charge in [-0.2, -0.15) is 9.78 Å². The van der Waals surface area contributed by atoms with Gasteiger partial charge in [0, 0.05) is 56.3 Å². The van der Waals surface area contributed by atoms with E-state index in [-0.39, 0.29) is 16.9 Å². The molecule has 1 aliphatic heterocycles. The number of anilines is 1. The molecule has 5 rings (SSSR count). The number of ether oxygens (including phenoxy) is 2. The summed E-state index contributed by atoms with van der Waals surface area (Å²) in [5.74, 6) is -0.561. The topological polar surface area (TPSA) is 71.9 Å². The van der Waals surface area contributed by atoms with Crippen LogP contribution in [0.4, 0.5) is 14.5 Å². The highest BCUT2D eigenvalue weighted by atomic mass is 32.2. The van der Waals surface area contributed by atoms with Crippen LogP contribution in [0.1, 0.15) is 25.3 Å². The van der Waals surface area contributed by atoms with Crippen molar-refractivity contribution in [2.45, 2.75) is 26.3 Å². The number of piperazine rings is 1. The van der Waals surface area contributed by atoms with Gasteiger partial charge >= 0.3 is 5.56 Å². The van der Waals surface area contributed by atoms with Crippen LogP contribution in [0.2, 0.25) is 0 Å². The number of aromatic nitrogens is 2. The van der Waals surface area contributed by atoms with Gasteiger partial charge in [-0.3, -0.25) is 4.79 Å². The molecule has 3 aromatic rings. The molecule has 202 valence electrons. The minimum absolute atomic E-state index is 0.0192. The van der Waals surface area contributed by atoms with E-state index in [1.54, 1.807) is 25.4 Å². The molecule has 2 heterocycles. The summed E-state index contributed by atoms with van der Waals surface area (Å²) in [7, 11) is 1.65. The van der Waals surface area contributed by atoms with E-state index in [1.165, 1.54) is 0 Å². The summed E-state index contributed by atoms with van der Waals surface area (Å²) in [4.78, 5) is 15.5. The molecule has 2 fully saturated rings. The summed E-state index contributed by atoms with van der Waals surface area (Å²) >= 11 is 1.57. The Morgan fingerprint density at radius 2 is 1.74 bits per heavy atom. The molecular formula is C27H31F2N5O3S. The SMILES string of the molecule is COc1ccc(CNSN2CCN(c3cnn(-c4cc(F)cc(F)c4)c(=O)c3OCC3(C)CC3)CC2)cc1. The van der Waals surface area contributed by atoms with Crippen LogP contribution in [0.15, 0.2) is 53.5 Å². The van der Waals surface area contributed by atoms with Crippen molar-refractivity contribution in [3.05, 3.63) is 76.2 Å². The summed E-state index contributed by atoms with van der Waals surface area (Å²) in [6.07, 6.45) is 3.63. The van der Waals surface area contributed by atoms with Crippen LogP contribution in [-0.2, 0) is 6.54 Å². The molecule has 11 heteroatoms. The van der Waals surface area contributed by atoms with Crippen LogP contribution in [-0.4, -0.2) is 54.0 Å². The second-order valence-electron chi connectivity index (χ2n) is 9.98. The van der Waals surface area contributed by atoms with Gasteiger partial charge in [-0.1, -0.05) is 19.1 Å². The molecular weight excluding hydrogens is 512 g/mol. The van der Waals surface area contributed by atoms with Crippen LogP contribution >= 0.6 is 12.1 Å². The molecule has 1 saturated heterocycles. The maximum atomic E-state index is 13.8. The average molecular weight is 544 g/mol. The van der Waals surface area contributed by atoms with Gasteiger partial charge in [0.25, 0.3) is 0 Å². The highest BCUT2D eigenvalue weighted by Gasteiger charge is 2.39. The summed E-state index contributed by atoms with van der Waals surface area (Å²) in [5.41, 5.74) is 1.30. The fourth-order valence-corrected chi connectivity index (χ4v) is 4.97. The van der Waals surface area contributed by atoms with Crippen molar-refractivity contribution in [1.82, 2.24) is 18.8 Å². The fraction of sp³-hybridized carbons (Fsp3) is 0.407. The summed E-state index contributed by atoms with van der Waals surface area (Å²) in [5, 5.41) is 4.25. The lowest BCUT2D eigenvalue weighted by Gasteiger charge is -2.35. The van der Waals surface area contributed by atoms with Crippen molar-refractivity contribution in [1.29, 1.82) is 0 Å². The number of methoxy groups -OCH3 is 1. The molecule has 0 bridgehead atoms. The Bertz CT molecular complexity index is 1310. The molecule has 1 N–H and O–H groups in total. The highest BCUT2D eigenvalue weighted by molar-refractivity contribution is 7.95. The lowest BCUT2D eigenvalue weighted by molar-refractivity contribution is 0.242. The van der Waals surface area contributed by atoms with Gasteiger partial charge in [0.2, 0.25) is 5.75 Å². The van der Waals surface area contributed by atoms with E-state index >= 15 is 0 Å². The molecule has 0 amide bonds. The lowest BCUT2D eigenvalue weighted by Crippen LogP contribution is -2.45. The monoisotopic (exact) mass is 543 g/mol. The first-order chi connectivity index (χ1) is 18.3. The number of halogens is 2. The standard InChI is InChI=1S/C27H31F2N5O3S/c1-27(7-8-27)18-37-25-24(17-30-34(26(25)35)22-14-20(28)13-21(29)15-22)32-9-11-33(12-10-32)38-31-16-19-3-5-23(36-2)6-4-19/h3-6,13-15,17,31H,7-12,16,18H2,1-2H3. The minimum atomic E-state index is -0.778. The maximum absolute atomic E-state index is 13.8. The predicted molar refractivity (Wildman–Crippen MR) is 144 cm³/mol. The van der Waals surface area contributed by atoms with Gasteiger partial charge in [0.15, 0.2) is 0 Å². The Balaban J connectivity index is 1.26. The Morgan fingerprint density at radius 1 is 1.05 bits per heavy atom. The van der Waals surface area contributed by atoms with Gasteiger partial charge in [-0.15, -0.1) is 0 Å². The maximum Gasteiger partial charge on any atom is 0.316 e. The Labute approximate surface area is 224 Å². The Kier molecular flexibility index (Phi) is 7.87. The fourth-order valence-electron chi connectivity index (χ4n) is 4.21. The molecule has 1 saturated carbocycles. The second kappa shape index (κ2) is 11.3. The summed E-state index contributed by atoms with van der Waals surface area (Å²) < 4.78 is 45.6. The van der Waals surface area contributed by atoms with Crippen LogP contribution in [0.5, 0.6) is 11.5 Å². The van der Waals surface area contributed by atoms with E-state index in [2.05, 4.69) is 25.9 Å². The second-order valence-corrected chi connectivity index (χ2v) is 11.0. The summed E-state index contributed by atoms with van der Waals surface area (Å²) in [6, 6.07) is 10.9. The van der Waals surface area contributed by atoms with E-state index in [4.69, 9.17) is 9.47 Å². The largest absolute Gasteiger partial charge is 0.497 e. The van der Waals surface area contributed by atoms with Crippen LogP contribution in [0.25, 0.3) is 5.69 Å². The van der Waals surface area contributed by atoms with Crippen molar-refractivity contribution in [3.63, 3.8) is 0 Å². The number of nitrogens with zero attached hydrogens (tertiary/aromatic N) is 4. The molecule has 38 heavy (non-hydrogen) atoms. The molecule has 8 nitrogen and oxygen atoms in total. The predicted octanol–water partition coefficient (Wildman–Crippen LogP) is 4.17. The van der Waals surface area contributed by atoms with E-state index < -0.39 is 17.2 Å². The van der Waals surface area contributed by atoms with E-state index in [0.717, 1.165) is 60.1 Å². The van der Waals surface area contributed by atoms with Gasteiger partial charge in [-0.25, -0.2) is 17.8 Å². The number of hydrogen-bond acceptors (Lipinski definition) is 8. The van der Waals surface area contributed by atoms with Crippen LogP contribution in [0, 0.1) is 17.0 Å². The molecule has 0 unspecified atom stereocenters. The number of rotatable bonds is 10. The van der Waals surface area contributed by atoms with Gasteiger partial charge in [0.05, 0.1) is 25.6 Å².